The van der Waals surface area contributed by atoms with Gasteiger partial charge in [0.1, 0.15) is 0 Å². The largest absolute Gasteiger partial charge is 0.475 e. The smallest absolute Gasteiger partial charge is 0.377 e. The van der Waals surface area contributed by atoms with Crippen molar-refractivity contribution in [2.75, 3.05) is 7.11 Å². The predicted molar refractivity (Wildman–Crippen MR) is 63.2 cm³/mol. The van der Waals surface area contributed by atoms with Crippen LogP contribution >= 0.6 is 0 Å². The molecule has 4 nitrogen and oxygen atoms in total. The molecule has 0 aliphatic rings. The second-order valence-electron chi connectivity index (χ2n) is 4.43. The lowest BCUT2D eigenvalue weighted by Gasteiger charge is -2.23. The number of hydrogen-bond donors (Lipinski definition) is 1. The summed E-state index contributed by atoms with van der Waals surface area (Å²) in [5.74, 6) is -2.32. The highest BCUT2D eigenvalue weighted by Crippen LogP contribution is 2.19. The molecule has 0 aromatic heterocycles. The number of benzene rings is 1. The Morgan fingerprint density at radius 2 is 1.88 bits per heavy atom. The number of Topliss-reactive ketones (excluding diaryl/α,β-unsaturated/α-hetero) is 1. The number of hydrogen-bond acceptors (Lipinski definition) is 3. The van der Waals surface area contributed by atoms with Crippen LogP contribution in [0, 0.1) is 0 Å². The number of carbonyl (C=O) groups excluding carboxylic acids is 1. The van der Waals surface area contributed by atoms with E-state index in [0.29, 0.717) is 12.0 Å². The maximum atomic E-state index is 11.5. The lowest BCUT2D eigenvalue weighted by molar-refractivity contribution is -0.131. The van der Waals surface area contributed by atoms with Crippen molar-refractivity contribution >= 4 is 11.8 Å². The minimum absolute atomic E-state index is 0.227. The van der Waals surface area contributed by atoms with Crippen LogP contribution in [-0.4, -0.2) is 29.6 Å². The van der Waals surface area contributed by atoms with E-state index in [0.717, 1.165) is 0 Å². The zero-order chi connectivity index (χ0) is 13.1. The zero-order valence-corrected chi connectivity index (χ0v) is 10.2. The van der Waals surface area contributed by atoms with Gasteiger partial charge in [-0.25, -0.2) is 4.79 Å². The van der Waals surface area contributed by atoms with Gasteiger partial charge in [0.15, 0.2) is 0 Å². The van der Waals surface area contributed by atoms with Gasteiger partial charge in [-0.2, -0.15) is 0 Å². The van der Waals surface area contributed by atoms with E-state index in [1.165, 1.54) is 6.07 Å². The van der Waals surface area contributed by atoms with Crippen LogP contribution in [0.3, 0.4) is 0 Å². The van der Waals surface area contributed by atoms with Gasteiger partial charge in [-0.05, 0) is 19.4 Å². The van der Waals surface area contributed by atoms with Gasteiger partial charge in [-0.15, -0.1) is 0 Å². The Morgan fingerprint density at radius 3 is 2.41 bits per heavy atom. The highest BCUT2D eigenvalue weighted by molar-refractivity contribution is 6.40. The average Bonchev–Trinajstić information content (AvgIpc) is 2.28. The van der Waals surface area contributed by atoms with E-state index in [-0.39, 0.29) is 5.56 Å². The third kappa shape index (κ3) is 3.39. The number of carboxylic acids is 1. The highest BCUT2D eigenvalue weighted by atomic mass is 16.5. The molecule has 0 amide bonds. The third-order valence-electron chi connectivity index (χ3n) is 2.62. The molecule has 0 spiro atoms. The topological polar surface area (TPSA) is 63.6 Å². The minimum atomic E-state index is -1.44. The molecule has 1 aromatic carbocycles. The van der Waals surface area contributed by atoms with E-state index >= 15 is 0 Å². The average molecular weight is 236 g/mol. The standard InChI is InChI=1S/C13H16O4/c1-13(2,17-3)8-9-6-4-5-7-10(9)11(14)12(15)16/h4-7H,8H2,1-3H3,(H,15,16). The number of aliphatic carboxylic acids is 1. The molecule has 1 N–H and O–H groups in total. The van der Waals surface area contributed by atoms with Crippen LogP contribution < -0.4 is 0 Å². The molecular weight excluding hydrogens is 220 g/mol. The van der Waals surface area contributed by atoms with Gasteiger partial charge < -0.3 is 9.84 Å². The number of ether oxygens (including phenoxy) is 1. The second kappa shape index (κ2) is 5.10. The third-order valence-corrected chi connectivity index (χ3v) is 2.62. The maximum Gasteiger partial charge on any atom is 0.377 e. The molecule has 0 fully saturated rings. The van der Waals surface area contributed by atoms with E-state index in [4.69, 9.17) is 9.84 Å². The zero-order valence-electron chi connectivity index (χ0n) is 10.2. The molecule has 0 atom stereocenters. The molecule has 4 heteroatoms. The summed E-state index contributed by atoms with van der Waals surface area (Å²) in [5, 5.41) is 8.73. The van der Waals surface area contributed by atoms with Crippen LogP contribution in [0.1, 0.15) is 29.8 Å². The van der Waals surface area contributed by atoms with Crippen molar-refractivity contribution in [3.63, 3.8) is 0 Å². The van der Waals surface area contributed by atoms with Gasteiger partial charge in [-0.3, -0.25) is 4.79 Å². The summed E-state index contributed by atoms with van der Waals surface area (Å²) in [6, 6.07) is 6.70. The fourth-order valence-electron chi connectivity index (χ4n) is 1.54. The van der Waals surface area contributed by atoms with E-state index in [2.05, 4.69) is 0 Å². The van der Waals surface area contributed by atoms with Crippen molar-refractivity contribution in [3.05, 3.63) is 35.4 Å². The molecule has 0 aliphatic heterocycles. The van der Waals surface area contributed by atoms with Crippen LogP contribution in [0.4, 0.5) is 0 Å². The molecule has 0 saturated carbocycles. The molecule has 0 heterocycles. The number of rotatable bonds is 5. The van der Waals surface area contributed by atoms with Crippen molar-refractivity contribution < 1.29 is 19.4 Å². The summed E-state index contributed by atoms with van der Waals surface area (Å²) < 4.78 is 5.28. The molecule has 0 aliphatic carbocycles. The van der Waals surface area contributed by atoms with Gasteiger partial charge in [0.2, 0.25) is 0 Å². The Kier molecular flexibility index (Phi) is 4.02. The highest BCUT2D eigenvalue weighted by Gasteiger charge is 2.23. The van der Waals surface area contributed by atoms with E-state index in [9.17, 15) is 9.59 Å². The summed E-state index contributed by atoms with van der Waals surface area (Å²) in [6.45, 7) is 3.77. The molecule has 0 bridgehead atoms. The Balaban J connectivity index is 3.09. The van der Waals surface area contributed by atoms with Crippen LogP contribution in [0.5, 0.6) is 0 Å². The first-order valence-corrected chi connectivity index (χ1v) is 5.28. The number of methoxy groups -OCH3 is 1. The number of carbonyl (C=O) groups is 2. The van der Waals surface area contributed by atoms with Crippen molar-refractivity contribution in [1.82, 2.24) is 0 Å². The lowest BCUT2D eigenvalue weighted by atomic mass is 9.93. The van der Waals surface area contributed by atoms with Crippen molar-refractivity contribution in [2.45, 2.75) is 25.9 Å². The van der Waals surface area contributed by atoms with E-state index < -0.39 is 17.4 Å². The molecule has 17 heavy (non-hydrogen) atoms. The Morgan fingerprint density at radius 1 is 1.29 bits per heavy atom. The summed E-state index contributed by atoms with van der Waals surface area (Å²) in [4.78, 5) is 22.2. The van der Waals surface area contributed by atoms with Gasteiger partial charge in [0.05, 0.1) is 5.60 Å². The number of ketones is 1. The maximum absolute atomic E-state index is 11.5. The summed E-state index contributed by atoms with van der Waals surface area (Å²) in [7, 11) is 1.58. The molecule has 0 unspecified atom stereocenters. The van der Waals surface area contributed by atoms with E-state index in [1.807, 2.05) is 13.8 Å². The first kappa shape index (κ1) is 13.4. The quantitative estimate of drug-likeness (QED) is 0.626. The van der Waals surface area contributed by atoms with Crippen LogP contribution in [-0.2, 0) is 16.0 Å². The molecular formula is C13H16O4. The summed E-state index contributed by atoms with van der Waals surface area (Å²) in [5.41, 5.74) is 0.478. The van der Waals surface area contributed by atoms with Crippen LogP contribution in [0.15, 0.2) is 24.3 Å². The van der Waals surface area contributed by atoms with Gasteiger partial charge in [-0.1, -0.05) is 24.3 Å². The predicted octanol–water partition coefficient (Wildman–Crippen LogP) is 1.92. The van der Waals surface area contributed by atoms with Crippen molar-refractivity contribution in [3.8, 4) is 0 Å². The SMILES string of the molecule is COC(C)(C)Cc1ccccc1C(=O)C(=O)O. The molecule has 92 valence electrons. The lowest BCUT2D eigenvalue weighted by Crippen LogP contribution is -2.27. The second-order valence-corrected chi connectivity index (χ2v) is 4.43. The van der Waals surface area contributed by atoms with Crippen LogP contribution in [0.2, 0.25) is 0 Å². The summed E-state index contributed by atoms with van der Waals surface area (Å²) in [6.07, 6.45) is 0.485. The van der Waals surface area contributed by atoms with Crippen LogP contribution in [0.25, 0.3) is 0 Å². The fourth-order valence-corrected chi connectivity index (χ4v) is 1.54. The van der Waals surface area contributed by atoms with Gasteiger partial charge in [0.25, 0.3) is 5.78 Å². The first-order valence-electron chi connectivity index (χ1n) is 5.28. The Bertz CT molecular complexity index is 435. The Labute approximate surface area is 100 Å². The molecule has 1 rings (SSSR count). The van der Waals surface area contributed by atoms with E-state index in [1.54, 1.807) is 25.3 Å². The normalized spacial score (nSPS) is 11.2. The van der Waals surface area contributed by atoms with Gasteiger partial charge in [0, 0.05) is 19.1 Å². The fraction of sp³-hybridized carbons (Fsp3) is 0.385. The molecule has 1 aromatic rings. The first-order chi connectivity index (χ1) is 7.87. The van der Waals surface area contributed by atoms with Crippen molar-refractivity contribution in [1.29, 1.82) is 0 Å². The molecule has 0 saturated heterocycles. The summed E-state index contributed by atoms with van der Waals surface area (Å²) >= 11 is 0. The van der Waals surface area contributed by atoms with Gasteiger partial charge >= 0.3 is 5.97 Å². The molecule has 0 radical (unpaired) electrons. The Hall–Kier alpha value is -1.68. The minimum Gasteiger partial charge on any atom is -0.475 e. The van der Waals surface area contributed by atoms with Crippen molar-refractivity contribution in [2.24, 2.45) is 0 Å². The number of carboxylic acid groups (broad SMARTS) is 1. The monoisotopic (exact) mass is 236 g/mol.